The molecule has 1 unspecified atom stereocenters. The van der Waals surface area contributed by atoms with Crippen LogP contribution in [0.2, 0.25) is 0 Å². The fraction of sp³-hybridized carbons (Fsp3) is 0.842. The lowest BCUT2D eigenvalue weighted by Gasteiger charge is -2.41. The van der Waals surface area contributed by atoms with Gasteiger partial charge in [0.1, 0.15) is 5.60 Å². The number of likely N-dealkylation sites (tertiary alicyclic amines) is 1. The van der Waals surface area contributed by atoms with Crippen LogP contribution in [-0.4, -0.2) is 36.5 Å². The summed E-state index contributed by atoms with van der Waals surface area (Å²) in [6.07, 6.45) is 6.45. The highest BCUT2D eigenvalue weighted by molar-refractivity contribution is 5.94. The molecule has 0 aromatic heterocycles. The Balaban J connectivity index is 3.19. The van der Waals surface area contributed by atoms with Gasteiger partial charge in [0.05, 0.1) is 0 Å². The molecule has 0 amide bonds. The molecular weight excluding hydrogens is 274 g/mol. The van der Waals surface area contributed by atoms with Gasteiger partial charge in [-0.15, -0.1) is 0 Å². The highest BCUT2D eigenvalue weighted by Gasteiger charge is 2.35. The summed E-state index contributed by atoms with van der Waals surface area (Å²) in [6, 6.07) is 0. The minimum Gasteiger partial charge on any atom is -0.372 e. The second-order valence-electron chi connectivity index (χ2n) is 8.22. The van der Waals surface area contributed by atoms with Gasteiger partial charge in [0, 0.05) is 37.4 Å². The van der Waals surface area contributed by atoms with Crippen molar-refractivity contribution in [3.05, 3.63) is 11.8 Å². The molecule has 0 bridgehead atoms. The van der Waals surface area contributed by atoms with Gasteiger partial charge in [0.2, 0.25) is 0 Å². The molecule has 0 aliphatic carbocycles. The maximum Gasteiger partial charge on any atom is 0.162 e. The van der Waals surface area contributed by atoms with E-state index in [9.17, 15) is 4.79 Å². The molecule has 1 aliphatic heterocycles. The second-order valence-corrected chi connectivity index (χ2v) is 8.22. The molecule has 0 radical (unpaired) electrons. The lowest BCUT2D eigenvalue weighted by Crippen LogP contribution is -2.44. The zero-order valence-electron chi connectivity index (χ0n) is 15.7. The standard InChI is InChI=1S/C19H35NO2/c1-15(2)14-19(6,22-7)16(13-17(21)18(3,4)5)20-11-9-8-10-12-20/h13,15H,8-12,14H2,1-7H3/b16-13-. The number of carbonyl (C=O) groups excluding carboxylic acids is 1. The van der Waals surface area contributed by atoms with Gasteiger partial charge in [0.15, 0.2) is 5.78 Å². The number of rotatable bonds is 6. The molecule has 0 N–H and O–H groups in total. The Morgan fingerprint density at radius 3 is 2.09 bits per heavy atom. The van der Waals surface area contributed by atoms with Crippen LogP contribution in [-0.2, 0) is 9.53 Å². The molecule has 3 heteroatoms. The third-order valence-electron chi connectivity index (χ3n) is 4.49. The Bertz CT molecular complexity index is 400. The molecule has 0 saturated carbocycles. The molecule has 0 spiro atoms. The van der Waals surface area contributed by atoms with Crippen molar-refractivity contribution in [2.45, 2.75) is 72.8 Å². The van der Waals surface area contributed by atoms with E-state index in [4.69, 9.17) is 4.74 Å². The van der Waals surface area contributed by atoms with Crippen LogP contribution < -0.4 is 0 Å². The van der Waals surface area contributed by atoms with Gasteiger partial charge in [-0.25, -0.2) is 0 Å². The number of ketones is 1. The molecule has 3 nitrogen and oxygen atoms in total. The topological polar surface area (TPSA) is 29.5 Å². The van der Waals surface area contributed by atoms with E-state index in [2.05, 4.69) is 25.7 Å². The summed E-state index contributed by atoms with van der Waals surface area (Å²) in [5.74, 6) is 0.697. The van der Waals surface area contributed by atoms with Crippen molar-refractivity contribution in [1.29, 1.82) is 0 Å². The first-order valence-electron chi connectivity index (χ1n) is 8.67. The Hall–Kier alpha value is -0.830. The van der Waals surface area contributed by atoms with Crippen LogP contribution in [0.3, 0.4) is 0 Å². The Kier molecular flexibility index (Phi) is 6.66. The van der Waals surface area contributed by atoms with Crippen molar-refractivity contribution >= 4 is 5.78 Å². The van der Waals surface area contributed by atoms with Crippen LogP contribution >= 0.6 is 0 Å². The van der Waals surface area contributed by atoms with Crippen molar-refractivity contribution < 1.29 is 9.53 Å². The molecule has 0 aromatic rings. The summed E-state index contributed by atoms with van der Waals surface area (Å²) in [6.45, 7) is 14.5. The molecule has 128 valence electrons. The van der Waals surface area contributed by atoms with Gasteiger partial charge >= 0.3 is 0 Å². The van der Waals surface area contributed by atoms with E-state index in [0.717, 1.165) is 25.2 Å². The van der Waals surface area contributed by atoms with Crippen LogP contribution in [0.15, 0.2) is 11.8 Å². The van der Waals surface area contributed by atoms with E-state index in [1.807, 2.05) is 26.8 Å². The van der Waals surface area contributed by atoms with Gasteiger partial charge in [-0.05, 0) is 38.5 Å². The van der Waals surface area contributed by atoms with Crippen LogP contribution in [0.4, 0.5) is 0 Å². The van der Waals surface area contributed by atoms with Crippen LogP contribution in [0.1, 0.15) is 67.2 Å². The zero-order chi connectivity index (χ0) is 17.0. The number of allylic oxidation sites excluding steroid dienone is 1. The monoisotopic (exact) mass is 309 g/mol. The summed E-state index contributed by atoms with van der Waals surface area (Å²) in [7, 11) is 1.77. The van der Waals surface area contributed by atoms with E-state index in [1.54, 1.807) is 7.11 Å². The van der Waals surface area contributed by atoms with Crippen molar-refractivity contribution in [2.75, 3.05) is 20.2 Å². The Morgan fingerprint density at radius 1 is 1.14 bits per heavy atom. The van der Waals surface area contributed by atoms with Crippen molar-refractivity contribution in [2.24, 2.45) is 11.3 Å². The SMILES string of the molecule is COC(C)(CC(C)C)/C(=C/C(=O)C(C)(C)C)N1CCCCC1. The number of carbonyl (C=O) groups is 1. The van der Waals surface area contributed by atoms with E-state index >= 15 is 0 Å². The smallest absolute Gasteiger partial charge is 0.162 e. The van der Waals surface area contributed by atoms with Gasteiger partial charge in [-0.3, -0.25) is 4.79 Å². The summed E-state index contributed by atoms with van der Waals surface area (Å²) >= 11 is 0. The number of methoxy groups -OCH3 is 1. The first kappa shape index (κ1) is 19.2. The number of nitrogens with zero attached hydrogens (tertiary/aromatic N) is 1. The lowest BCUT2D eigenvalue weighted by atomic mass is 9.85. The van der Waals surface area contributed by atoms with E-state index in [1.165, 1.54) is 19.3 Å². The van der Waals surface area contributed by atoms with Crippen molar-refractivity contribution in [1.82, 2.24) is 4.90 Å². The van der Waals surface area contributed by atoms with Crippen LogP contribution in [0.5, 0.6) is 0 Å². The zero-order valence-corrected chi connectivity index (χ0v) is 15.7. The summed E-state index contributed by atoms with van der Waals surface area (Å²) in [5, 5.41) is 0. The third-order valence-corrected chi connectivity index (χ3v) is 4.49. The van der Waals surface area contributed by atoms with Crippen molar-refractivity contribution in [3.63, 3.8) is 0 Å². The van der Waals surface area contributed by atoms with Crippen LogP contribution in [0, 0.1) is 11.3 Å². The number of piperidine rings is 1. The maximum absolute atomic E-state index is 12.6. The number of ether oxygens (including phenoxy) is 1. The Labute approximate surface area is 137 Å². The van der Waals surface area contributed by atoms with Crippen LogP contribution in [0.25, 0.3) is 0 Å². The lowest BCUT2D eigenvalue weighted by molar-refractivity contribution is -0.121. The summed E-state index contributed by atoms with van der Waals surface area (Å²) < 4.78 is 5.92. The highest BCUT2D eigenvalue weighted by Crippen LogP contribution is 2.33. The normalized spacial score (nSPS) is 20.2. The van der Waals surface area contributed by atoms with E-state index in [-0.39, 0.29) is 11.2 Å². The molecule has 1 saturated heterocycles. The predicted molar refractivity (Wildman–Crippen MR) is 92.8 cm³/mol. The molecular formula is C19H35NO2. The largest absolute Gasteiger partial charge is 0.372 e. The van der Waals surface area contributed by atoms with Gasteiger partial charge in [0.25, 0.3) is 0 Å². The molecule has 1 fully saturated rings. The molecule has 0 aromatic carbocycles. The minimum atomic E-state index is -0.396. The van der Waals surface area contributed by atoms with E-state index < -0.39 is 5.60 Å². The average Bonchev–Trinajstić information content (AvgIpc) is 2.43. The molecule has 1 heterocycles. The van der Waals surface area contributed by atoms with Gasteiger partial charge in [-0.1, -0.05) is 34.6 Å². The quantitative estimate of drug-likeness (QED) is 0.680. The third kappa shape index (κ3) is 5.12. The first-order valence-corrected chi connectivity index (χ1v) is 8.67. The molecule has 1 aliphatic rings. The van der Waals surface area contributed by atoms with Gasteiger partial charge in [-0.2, -0.15) is 0 Å². The molecule has 22 heavy (non-hydrogen) atoms. The molecule has 1 rings (SSSR count). The summed E-state index contributed by atoms with van der Waals surface area (Å²) in [4.78, 5) is 15.0. The number of hydrogen-bond acceptors (Lipinski definition) is 3. The maximum atomic E-state index is 12.6. The fourth-order valence-electron chi connectivity index (χ4n) is 3.13. The number of hydrogen-bond donors (Lipinski definition) is 0. The Morgan fingerprint density at radius 2 is 1.68 bits per heavy atom. The first-order chi connectivity index (χ1) is 10.1. The average molecular weight is 309 g/mol. The van der Waals surface area contributed by atoms with Crippen molar-refractivity contribution in [3.8, 4) is 0 Å². The van der Waals surface area contributed by atoms with Gasteiger partial charge < -0.3 is 9.64 Å². The second kappa shape index (κ2) is 7.63. The van der Waals surface area contributed by atoms with E-state index in [0.29, 0.717) is 5.92 Å². The molecule has 1 atom stereocenters. The minimum absolute atomic E-state index is 0.181. The fourth-order valence-corrected chi connectivity index (χ4v) is 3.13. The highest BCUT2D eigenvalue weighted by atomic mass is 16.5. The predicted octanol–water partition coefficient (Wildman–Crippen LogP) is 4.42. The summed E-state index contributed by atoms with van der Waals surface area (Å²) in [5.41, 5.74) is 0.322.